The monoisotopic (exact) mass is 286 g/mol. The molecule has 0 aromatic carbocycles. The molecule has 1 aromatic heterocycles. The number of hydrogen-bond donors (Lipinski definition) is 2. The number of rotatable bonds is 7. The first-order chi connectivity index (χ1) is 8.71. The van der Waals surface area contributed by atoms with E-state index in [4.69, 9.17) is 5.73 Å². The van der Waals surface area contributed by atoms with Crippen molar-refractivity contribution in [2.75, 3.05) is 24.5 Å². The number of aromatic nitrogens is 1. The highest BCUT2D eigenvalue weighted by atomic mass is 35.5. The van der Waals surface area contributed by atoms with E-state index in [1.54, 1.807) is 6.20 Å². The maximum absolute atomic E-state index is 11.3. The molecular formula is C13H23ClN4O. The maximum atomic E-state index is 11.3. The lowest BCUT2D eigenvalue weighted by molar-refractivity contribution is -0.121. The number of nitrogens with zero attached hydrogens (tertiary/aromatic N) is 2. The van der Waals surface area contributed by atoms with Crippen molar-refractivity contribution in [1.82, 2.24) is 10.3 Å². The lowest BCUT2D eigenvalue weighted by Gasteiger charge is -2.19. The molecule has 1 rings (SSSR count). The van der Waals surface area contributed by atoms with Crippen LogP contribution in [0.4, 0.5) is 5.82 Å². The molecule has 1 heterocycles. The van der Waals surface area contributed by atoms with Crippen molar-refractivity contribution >= 4 is 24.1 Å². The highest BCUT2D eigenvalue weighted by Crippen LogP contribution is 2.10. The summed E-state index contributed by atoms with van der Waals surface area (Å²) in [6, 6.07) is 3.97. The van der Waals surface area contributed by atoms with Crippen LogP contribution in [0.15, 0.2) is 18.3 Å². The lowest BCUT2D eigenvalue weighted by Crippen LogP contribution is -2.25. The SMILES string of the molecule is CCN(CC)c1ccc(CNC(=O)CCN)cn1.Cl. The minimum Gasteiger partial charge on any atom is -0.357 e. The van der Waals surface area contributed by atoms with Gasteiger partial charge in [0, 0.05) is 38.8 Å². The zero-order valence-electron chi connectivity index (χ0n) is 11.6. The van der Waals surface area contributed by atoms with Crippen LogP contribution in [0.25, 0.3) is 0 Å². The number of halogens is 1. The number of hydrogen-bond acceptors (Lipinski definition) is 4. The molecule has 0 saturated carbocycles. The molecular weight excluding hydrogens is 264 g/mol. The molecule has 19 heavy (non-hydrogen) atoms. The van der Waals surface area contributed by atoms with Crippen molar-refractivity contribution in [3.63, 3.8) is 0 Å². The van der Waals surface area contributed by atoms with Gasteiger partial charge in [-0.1, -0.05) is 6.07 Å². The first-order valence-electron chi connectivity index (χ1n) is 6.37. The zero-order valence-corrected chi connectivity index (χ0v) is 12.4. The van der Waals surface area contributed by atoms with Crippen LogP contribution in [0.1, 0.15) is 25.8 Å². The lowest BCUT2D eigenvalue weighted by atomic mass is 10.2. The van der Waals surface area contributed by atoms with Crippen LogP contribution in [0.2, 0.25) is 0 Å². The summed E-state index contributed by atoms with van der Waals surface area (Å²) in [7, 11) is 0. The fourth-order valence-electron chi connectivity index (χ4n) is 1.68. The quantitative estimate of drug-likeness (QED) is 0.793. The van der Waals surface area contributed by atoms with Gasteiger partial charge in [-0.2, -0.15) is 0 Å². The molecule has 3 N–H and O–H groups in total. The Bertz CT molecular complexity index is 365. The number of nitrogens with two attached hydrogens (primary N) is 1. The first-order valence-corrected chi connectivity index (χ1v) is 6.37. The number of anilines is 1. The average molecular weight is 287 g/mol. The van der Waals surface area contributed by atoms with Gasteiger partial charge >= 0.3 is 0 Å². The van der Waals surface area contributed by atoms with Crippen LogP contribution in [0, 0.1) is 0 Å². The van der Waals surface area contributed by atoms with E-state index in [1.807, 2.05) is 12.1 Å². The van der Waals surface area contributed by atoms with Gasteiger partial charge in [0.25, 0.3) is 0 Å². The molecule has 1 aromatic rings. The molecule has 5 nitrogen and oxygen atoms in total. The van der Waals surface area contributed by atoms with E-state index in [9.17, 15) is 4.79 Å². The second-order valence-corrected chi connectivity index (χ2v) is 4.01. The number of carbonyl (C=O) groups excluding carboxylic acids is 1. The van der Waals surface area contributed by atoms with Gasteiger partial charge in [0.2, 0.25) is 5.91 Å². The van der Waals surface area contributed by atoms with E-state index in [0.29, 0.717) is 19.5 Å². The number of pyridine rings is 1. The third-order valence-electron chi connectivity index (χ3n) is 2.76. The Hall–Kier alpha value is -1.33. The normalized spacial score (nSPS) is 9.63. The molecule has 0 radical (unpaired) electrons. The molecule has 0 bridgehead atoms. The summed E-state index contributed by atoms with van der Waals surface area (Å²) in [5, 5.41) is 2.80. The van der Waals surface area contributed by atoms with E-state index in [2.05, 4.69) is 29.0 Å². The van der Waals surface area contributed by atoms with Gasteiger partial charge in [0.15, 0.2) is 0 Å². The third kappa shape index (κ3) is 5.89. The second kappa shape index (κ2) is 9.58. The molecule has 0 spiro atoms. The molecule has 0 fully saturated rings. The van der Waals surface area contributed by atoms with E-state index in [-0.39, 0.29) is 18.3 Å². The molecule has 0 aliphatic heterocycles. The molecule has 108 valence electrons. The summed E-state index contributed by atoms with van der Waals surface area (Å²) in [6.07, 6.45) is 2.17. The molecule has 1 amide bonds. The Morgan fingerprint density at radius 3 is 2.53 bits per heavy atom. The van der Waals surface area contributed by atoms with Crippen molar-refractivity contribution in [2.24, 2.45) is 5.73 Å². The Labute approximate surface area is 121 Å². The van der Waals surface area contributed by atoms with Gasteiger partial charge in [-0.3, -0.25) is 4.79 Å². The first kappa shape index (κ1) is 17.7. The van der Waals surface area contributed by atoms with Crippen molar-refractivity contribution in [2.45, 2.75) is 26.8 Å². The largest absolute Gasteiger partial charge is 0.357 e. The van der Waals surface area contributed by atoms with E-state index in [0.717, 1.165) is 24.5 Å². The molecule has 6 heteroatoms. The smallest absolute Gasteiger partial charge is 0.221 e. The average Bonchev–Trinajstić information content (AvgIpc) is 2.39. The van der Waals surface area contributed by atoms with E-state index in [1.165, 1.54) is 0 Å². The van der Waals surface area contributed by atoms with Crippen LogP contribution >= 0.6 is 12.4 Å². The molecule has 0 aliphatic carbocycles. The van der Waals surface area contributed by atoms with Crippen LogP contribution in [0.5, 0.6) is 0 Å². The summed E-state index contributed by atoms with van der Waals surface area (Å²) < 4.78 is 0. The van der Waals surface area contributed by atoms with Crippen LogP contribution in [0.3, 0.4) is 0 Å². The second-order valence-electron chi connectivity index (χ2n) is 4.01. The van der Waals surface area contributed by atoms with Crippen molar-refractivity contribution in [3.8, 4) is 0 Å². The fraction of sp³-hybridized carbons (Fsp3) is 0.538. The zero-order chi connectivity index (χ0) is 13.4. The van der Waals surface area contributed by atoms with Crippen LogP contribution in [-0.2, 0) is 11.3 Å². The Balaban J connectivity index is 0.00000324. The Kier molecular flexibility index (Phi) is 8.91. The topological polar surface area (TPSA) is 71.2 Å². The maximum Gasteiger partial charge on any atom is 0.221 e. The van der Waals surface area contributed by atoms with Gasteiger partial charge in [0.05, 0.1) is 0 Å². The van der Waals surface area contributed by atoms with Gasteiger partial charge in [-0.15, -0.1) is 12.4 Å². The number of carbonyl (C=O) groups is 1. The summed E-state index contributed by atoms with van der Waals surface area (Å²) in [4.78, 5) is 17.8. The van der Waals surface area contributed by atoms with Crippen LogP contribution < -0.4 is 16.0 Å². The van der Waals surface area contributed by atoms with Gasteiger partial charge in [0.1, 0.15) is 5.82 Å². The molecule has 0 aliphatic rings. The van der Waals surface area contributed by atoms with Gasteiger partial charge < -0.3 is 16.0 Å². The molecule has 0 unspecified atom stereocenters. The summed E-state index contributed by atoms with van der Waals surface area (Å²) in [6.45, 7) is 6.97. The summed E-state index contributed by atoms with van der Waals surface area (Å²) in [5.74, 6) is 0.947. The Morgan fingerprint density at radius 2 is 2.05 bits per heavy atom. The predicted octanol–water partition coefficient (Wildman–Crippen LogP) is 1.31. The summed E-state index contributed by atoms with van der Waals surface area (Å²) >= 11 is 0. The standard InChI is InChI=1S/C13H22N4O.ClH/c1-3-17(4-2)12-6-5-11(9-15-12)10-16-13(18)7-8-14;/h5-6,9H,3-4,7-8,10,14H2,1-2H3,(H,16,18);1H. The highest BCUT2D eigenvalue weighted by Gasteiger charge is 2.04. The van der Waals surface area contributed by atoms with Gasteiger partial charge in [-0.05, 0) is 25.5 Å². The highest BCUT2D eigenvalue weighted by molar-refractivity contribution is 5.85. The molecule has 0 atom stereocenters. The van der Waals surface area contributed by atoms with E-state index < -0.39 is 0 Å². The molecule has 0 saturated heterocycles. The van der Waals surface area contributed by atoms with Crippen LogP contribution in [-0.4, -0.2) is 30.5 Å². The van der Waals surface area contributed by atoms with Gasteiger partial charge in [-0.25, -0.2) is 4.98 Å². The summed E-state index contributed by atoms with van der Waals surface area (Å²) in [5.41, 5.74) is 6.30. The Morgan fingerprint density at radius 1 is 1.37 bits per heavy atom. The minimum absolute atomic E-state index is 0. The minimum atomic E-state index is -0.0229. The number of nitrogens with one attached hydrogen (secondary N) is 1. The van der Waals surface area contributed by atoms with Crippen molar-refractivity contribution in [1.29, 1.82) is 0 Å². The fourth-order valence-corrected chi connectivity index (χ4v) is 1.68. The van der Waals surface area contributed by atoms with Crippen molar-refractivity contribution < 1.29 is 4.79 Å². The third-order valence-corrected chi connectivity index (χ3v) is 2.76. The predicted molar refractivity (Wildman–Crippen MR) is 80.6 cm³/mol. The van der Waals surface area contributed by atoms with Crippen molar-refractivity contribution in [3.05, 3.63) is 23.9 Å². The number of amides is 1. The van der Waals surface area contributed by atoms with E-state index >= 15 is 0 Å².